The predicted molar refractivity (Wildman–Crippen MR) is 90.6 cm³/mol. The van der Waals surface area contributed by atoms with Crippen molar-refractivity contribution in [2.24, 2.45) is 0 Å². The van der Waals surface area contributed by atoms with Crippen molar-refractivity contribution in [3.8, 4) is 11.5 Å². The molecule has 3 rings (SSSR count). The average Bonchev–Trinajstić information content (AvgIpc) is 2.94. The van der Waals surface area contributed by atoms with Gasteiger partial charge >= 0.3 is 5.97 Å². The topological polar surface area (TPSA) is 97.8 Å². The number of carboxylic acids is 1. The summed E-state index contributed by atoms with van der Waals surface area (Å²) in [5.74, 6) is -0.250. The van der Waals surface area contributed by atoms with Crippen molar-refractivity contribution in [3.63, 3.8) is 0 Å². The first-order valence-corrected chi connectivity index (χ1v) is 7.95. The van der Waals surface area contributed by atoms with Gasteiger partial charge in [-0.25, -0.2) is 9.78 Å². The standard InChI is InChI=1S/C18H18N2O5/c1-3-24-16-7-12-6-10(2)25-15(12)8-14(16)20-17(21)11-4-5-13(18(22)23)19-9-11/h4-5,7-10H,3,6H2,1-2H3,(H,20,21)(H,22,23). The molecule has 0 aliphatic carbocycles. The minimum absolute atomic E-state index is 0.0863. The average molecular weight is 342 g/mol. The predicted octanol–water partition coefficient (Wildman–Crippen LogP) is 2.75. The van der Waals surface area contributed by atoms with E-state index in [0.29, 0.717) is 18.0 Å². The van der Waals surface area contributed by atoms with Gasteiger partial charge in [0.05, 0.1) is 17.9 Å². The normalized spacial score (nSPS) is 15.2. The summed E-state index contributed by atoms with van der Waals surface area (Å²) in [6.45, 7) is 4.31. The fourth-order valence-corrected chi connectivity index (χ4v) is 2.66. The zero-order valence-corrected chi connectivity index (χ0v) is 13.9. The summed E-state index contributed by atoms with van der Waals surface area (Å²) in [7, 11) is 0. The molecule has 1 aromatic heterocycles. The number of nitrogens with one attached hydrogen (secondary N) is 1. The van der Waals surface area contributed by atoms with E-state index in [2.05, 4.69) is 10.3 Å². The molecule has 0 saturated heterocycles. The van der Waals surface area contributed by atoms with Gasteiger partial charge in [-0.2, -0.15) is 0 Å². The van der Waals surface area contributed by atoms with Crippen molar-refractivity contribution >= 4 is 17.6 Å². The number of carbonyl (C=O) groups is 2. The van der Waals surface area contributed by atoms with Crippen LogP contribution in [0.25, 0.3) is 0 Å². The van der Waals surface area contributed by atoms with Crippen LogP contribution in [0.1, 0.15) is 40.3 Å². The van der Waals surface area contributed by atoms with E-state index in [4.69, 9.17) is 14.6 Å². The van der Waals surface area contributed by atoms with Crippen LogP contribution in [-0.4, -0.2) is 34.7 Å². The Morgan fingerprint density at radius 2 is 2.20 bits per heavy atom. The lowest BCUT2D eigenvalue weighted by molar-refractivity contribution is 0.0690. The van der Waals surface area contributed by atoms with Crippen molar-refractivity contribution in [1.29, 1.82) is 0 Å². The smallest absolute Gasteiger partial charge is 0.354 e. The number of anilines is 1. The molecule has 0 saturated carbocycles. The highest BCUT2D eigenvalue weighted by Crippen LogP contribution is 2.38. The van der Waals surface area contributed by atoms with Crippen LogP contribution < -0.4 is 14.8 Å². The summed E-state index contributed by atoms with van der Waals surface area (Å²) in [5, 5.41) is 11.6. The van der Waals surface area contributed by atoms with Gasteiger partial charge in [0, 0.05) is 24.2 Å². The molecule has 1 atom stereocenters. The molecule has 0 fully saturated rings. The SMILES string of the molecule is CCOc1cc2c(cc1NC(=O)c1ccc(C(=O)O)nc1)OC(C)C2. The molecule has 2 aromatic rings. The molecule has 7 nitrogen and oxygen atoms in total. The molecule has 0 bridgehead atoms. The Labute approximate surface area is 144 Å². The molecule has 25 heavy (non-hydrogen) atoms. The Balaban J connectivity index is 1.85. The molecular weight excluding hydrogens is 324 g/mol. The van der Waals surface area contributed by atoms with Crippen molar-refractivity contribution < 1.29 is 24.2 Å². The Hall–Kier alpha value is -3.09. The van der Waals surface area contributed by atoms with E-state index in [1.807, 2.05) is 19.9 Å². The van der Waals surface area contributed by atoms with Crippen LogP contribution in [0.2, 0.25) is 0 Å². The van der Waals surface area contributed by atoms with E-state index < -0.39 is 11.9 Å². The summed E-state index contributed by atoms with van der Waals surface area (Å²) in [6.07, 6.45) is 2.11. The number of nitrogens with zero attached hydrogens (tertiary/aromatic N) is 1. The van der Waals surface area contributed by atoms with E-state index >= 15 is 0 Å². The monoisotopic (exact) mass is 342 g/mol. The van der Waals surface area contributed by atoms with Gasteiger partial charge < -0.3 is 19.9 Å². The van der Waals surface area contributed by atoms with Crippen LogP contribution in [0.15, 0.2) is 30.5 Å². The zero-order valence-electron chi connectivity index (χ0n) is 13.9. The molecule has 1 aliphatic rings. The number of benzene rings is 1. The Morgan fingerprint density at radius 3 is 2.84 bits per heavy atom. The minimum Gasteiger partial charge on any atom is -0.492 e. The van der Waals surface area contributed by atoms with Crippen molar-refractivity contribution in [2.75, 3.05) is 11.9 Å². The maximum Gasteiger partial charge on any atom is 0.354 e. The molecule has 1 amide bonds. The zero-order chi connectivity index (χ0) is 18.0. The number of rotatable bonds is 5. The first-order valence-electron chi connectivity index (χ1n) is 7.95. The fourth-order valence-electron chi connectivity index (χ4n) is 2.66. The van der Waals surface area contributed by atoms with Gasteiger partial charge in [0.15, 0.2) is 0 Å². The number of pyridine rings is 1. The molecule has 0 spiro atoms. The van der Waals surface area contributed by atoms with Gasteiger partial charge in [0.2, 0.25) is 0 Å². The van der Waals surface area contributed by atoms with Crippen molar-refractivity contribution in [2.45, 2.75) is 26.4 Å². The quantitative estimate of drug-likeness (QED) is 0.867. The first kappa shape index (κ1) is 16.8. The number of aromatic nitrogens is 1. The van der Waals surface area contributed by atoms with Gasteiger partial charge in [-0.3, -0.25) is 4.79 Å². The minimum atomic E-state index is -1.14. The van der Waals surface area contributed by atoms with Crippen LogP contribution in [0.3, 0.4) is 0 Å². The van der Waals surface area contributed by atoms with Gasteiger partial charge in [-0.05, 0) is 32.0 Å². The number of carbonyl (C=O) groups excluding carboxylic acids is 1. The van der Waals surface area contributed by atoms with E-state index in [9.17, 15) is 9.59 Å². The second kappa shape index (κ2) is 6.80. The molecule has 1 unspecified atom stereocenters. The molecule has 2 N–H and O–H groups in total. The van der Waals surface area contributed by atoms with Crippen LogP contribution >= 0.6 is 0 Å². The lowest BCUT2D eigenvalue weighted by Gasteiger charge is -2.13. The van der Waals surface area contributed by atoms with Crippen LogP contribution in [0.5, 0.6) is 11.5 Å². The molecule has 0 radical (unpaired) electrons. The number of carboxylic acid groups (broad SMARTS) is 1. The molecule has 7 heteroatoms. The number of hydrogen-bond donors (Lipinski definition) is 2. The van der Waals surface area contributed by atoms with Gasteiger partial charge in [-0.15, -0.1) is 0 Å². The highest BCUT2D eigenvalue weighted by atomic mass is 16.5. The number of aromatic carboxylic acids is 1. The van der Waals surface area contributed by atoms with Gasteiger partial charge in [0.1, 0.15) is 23.3 Å². The highest BCUT2D eigenvalue weighted by molar-refractivity contribution is 6.05. The first-order chi connectivity index (χ1) is 12.0. The van der Waals surface area contributed by atoms with E-state index in [0.717, 1.165) is 17.7 Å². The third-order valence-corrected chi connectivity index (χ3v) is 3.79. The molecule has 130 valence electrons. The van der Waals surface area contributed by atoms with E-state index in [1.165, 1.54) is 18.3 Å². The van der Waals surface area contributed by atoms with Gasteiger partial charge in [-0.1, -0.05) is 0 Å². The van der Waals surface area contributed by atoms with Crippen molar-refractivity contribution in [3.05, 3.63) is 47.3 Å². The number of fused-ring (bicyclic) bond motifs is 1. The molecule has 2 heterocycles. The van der Waals surface area contributed by atoms with Crippen molar-refractivity contribution in [1.82, 2.24) is 4.98 Å². The van der Waals surface area contributed by atoms with Gasteiger partial charge in [0.25, 0.3) is 5.91 Å². The summed E-state index contributed by atoms with van der Waals surface area (Å²) in [5.41, 5.74) is 1.68. The molecular formula is C18H18N2O5. The maximum atomic E-state index is 12.4. The van der Waals surface area contributed by atoms with Crippen LogP contribution in [-0.2, 0) is 6.42 Å². The Bertz CT molecular complexity index is 817. The summed E-state index contributed by atoms with van der Waals surface area (Å²) < 4.78 is 11.3. The highest BCUT2D eigenvalue weighted by Gasteiger charge is 2.23. The molecule has 1 aromatic carbocycles. The third-order valence-electron chi connectivity index (χ3n) is 3.79. The Morgan fingerprint density at radius 1 is 1.40 bits per heavy atom. The second-order valence-electron chi connectivity index (χ2n) is 5.71. The number of amides is 1. The van der Waals surface area contributed by atoms with E-state index in [-0.39, 0.29) is 17.4 Å². The van der Waals surface area contributed by atoms with E-state index in [1.54, 1.807) is 6.07 Å². The fraction of sp³-hybridized carbons (Fsp3) is 0.278. The second-order valence-corrected chi connectivity index (χ2v) is 5.71. The summed E-state index contributed by atoms with van der Waals surface area (Å²) >= 11 is 0. The summed E-state index contributed by atoms with van der Waals surface area (Å²) in [6, 6.07) is 6.33. The molecule has 1 aliphatic heterocycles. The third kappa shape index (κ3) is 3.55. The number of ether oxygens (including phenoxy) is 2. The maximum absolute atomic E-state index is 12.4. The lowest BCUT2D eigenvalue weighted by atomic mass is 10.1. The van der Waals surface area contributed by atoms with Crippen LogP contribution in [0.4, 0.5) is 5.69 Å². The number of hydrogen-bond acceptors (Lipinski definition) is 5. The van der Waals surface area contributed by atoms with Crippen LogP contribution in [0, 0.1) is 0 Å². The summed E-state index contributed by atoms with van der Waals surface area (Å²) in [4.78, 5) is 27.0. The largest absolute Gasteiger partial charge is 0.492 e. The Kier molecular flexibility index (Phi) is 4.56. The lowest BCUT2D eigenvalue weighted by Crippen LogP contribution is -2.14.